The quantitative estimate of drug-likeness (QED) is 0.337. The van der Waals surface area contributed by atoms with Gasteiger partial charge in [-0.15, -0.1) is 0 Å². The molecule has 38 heavy (non-hydrogen) atoms. The number of carbonyl (C=O) groups excluding carboxylic acids is 2. The summed E-state index contributed by atoms with van der Waals surface area (Å²) in [5, 5.41) is 2.90. The van der Waals surface area contributed by atoms with Gasteiger partial charge in [-0.3, -0.25) is 13.9 Å². The van der Waals surface area contributed by atoms with Crippen LogP contribution in [0.1, 0.15) is 43.4 Å². The van der Waals surface area contributed by atoms with Crippen LogP contribution >= 0.6 is 0 Å². The molecule has 0 radical (unpaired) electrons. The molecule has 2 amide bonds. The van der Waals surface area contributed by atoms with E-state index in [1.54, 1.807) is 49.4 Å². The fourth-order valence-electron chi connectivity index (χ4n) is 3.97. The van der Waals surface area contributed by atoms with E-state index in [9.17, 15) is 18.0 Å². The van der Waals surface area contributed by atoms with Crippen molar-refractivity contribution in [2.24, 2.45) is 0 Å². The van der Waals surface area contributed by atoms with Gasteiger partial charge in [0.2, 0.25) is 11.8 Å². The molecule has 202 valence electrons. The maximum absolute atomic E-state index is 13.9. The van der Waals surface area contributed by atoms with Crippen molar-refractivity contribution in [1.82, 2.24) is 10.2 Å². The molecule has 8 heteroatoms. The van der Waals surface area contributed by atoms with Crippen LogP contribution in [0.4, 0.5) is 5.69 Å². The first-order valence-corrected chi connectivity index (χ1v) is 14.3. The molecular formula is C30H37N3O4S. The molecule has 3 rings (SSSR count). The first-order valence-electron chi connectivity index (χ1n) is 12.9. The standard InChI is InChI=1S/C30H37N3O4S/c1-5-6-20-31-30(35)25(4)32(21-26-16-12-23(2)13-17-26)29(34)22-33(27-18-14-24(3)15-19-27)38(36,37)28-10-8-7-9-11-28/h7-19,25H,5-6,20-22H2,1-4H3,(H,31,35). The predicted octanol–water partition coefficient (Wildman–Crippen LogP) is 4.83. The lowest BCUT2D eigenvalue weighted by molar-refractivity contribution is -0.139. The topological polar surface area (TPSA) is 86.8 Å². The number of nitrogens with zero attached hydrogens (tertiary/aromatic N) is 2. The lowest BCUT2D eigenvalue weighted by atomic mass is 10.1. The van der Waals surface area contributed by atoms with Gasteiger partial charge in [0, 0.05) is 13.1 Å². The van der Waals surface area contributed by atoms with Crippen molar-refractivity contribution in [3.05, 3.63) is 95.6 Å². The molecule has 0 saturated heterocycles. The number of rotatable bonds is 12. The van der Waals surface area contributed by atoms with Crippen molar-refractivity contribution < 1.29 is 18.0 Å². The highest BCUT2D eigenvalue weighted by atomic mass is 32.2. The predicted molar refractivity (Wildman–Crippen MR) is 151 cm³/mol. The Morgan fingerprint density at radius 1 is 0.868 bits per heavy atom. The number of amides is 2. The van der Waals surface area contributed by atoms with Crippen LogP contribution in [0.2, 0.25) is 0 Å². The summed E-state index contributed by atoms with van der Waals surface area (Å²) < 4.78 is 28.6. The van der Waals surface area contributed by atoms with Gasteiger partial charge in [-0.05, 0) is 57.0 Å². The zero-order chi connectivity index (χ0) is 27.7. The molecule has 0 spiro atoms. The minimum absolute atomic E-state index is 0.0869. The molecule has 0 saturated carbocycles. The van der Waals surface area contributed by atoms with Crippen LogP contribution in [0.25, 0.3) is 0 Å². The average molecular weight is 536 g/mol. The molecule has 1 N–H and O–H groups in total. The van der Waals surface area contributed by atoms with Gasteiger partial charge in [0.25, 0.3) is 10.0 Å². The van der Waals surface area contributed by atoms with Gasteiger partial charge in [0.15, 0.2) is 0 Å². The molecular weight excluding hydrogens is 498 g/mol. The fourth-order valence-corrected chi connectivity index (χ4v) is 5.40. The third-order valence-electron chi connectivity index (χ3n) is 6.40. The highest BCUT2D eigenvalue weighted by Crippen LogP contribution is 2.25. The van der Waals surface area contributed by atoms with Crippen LogP contribution in [0.15, 0.2) is 83.8 Å². The smallest absolute Gasteiger partial charge is 0.264 e. The number of carbonyl (C=O) groups is 2. The van der Waals surface area contributed by atoms with Gasteiger partial charge >= 0.3 is 0 Å². The number of hydrogen-bond donors (Lipinski definition) is 1. The summed E-state index contributed by atoms with van der Waals surface area (Å²) in [6, 6.07) is 22.0. The Kier molecular flexibility index (Phi) is 10.1. The summed E-state index contributed by atoms with van der Waals surface area (Å²) in [7, 11) is -4.05. The van der Waals surface area contributed by atoms with E-state index in [4.69, 9.17) is 0 Å². The van der Waals surface area contributed by atoms with Gasteiger partial charge in [-0.25, -0.2) is 8.42 Å². The molecule has 7 nitrogen and oxygen atoms in total. The number of benzene rings is 3. The Morgan fingerprint density at radius 2 is 1.45 bits per heavy atom. The van der Waals surface area contributed by atoms with Crippen molar-refractivity contribution >= 4 is 27.5 Å². The van der Waals surface area contributed by atoms with Gasteiger partial charge in [-0.2, -0.15) is 0 Å². The van der Waals surface area contributed by atoms with Crippen LogP contribution in [0, 0.1) is 13.8 Å². The van der Waals surface area contributed by atoms with Crippen LogP contribution < -0.4 is 9.62 Å². The number of sulfonamides is 1. The first-order chi connectivity index (χ1) is 18.1. The molecule has 0 bridgehead atoms. The maximum atomic E-state index is 13.9. The summed E-state index contributed by atoms with van der Waals surface area (Å²) in [5.74, 6) is -0.740. The van der Waals surface area contributed by atoms with E-state index in [-0.39, 0.29) is 17.3 Å². The minimum Gasteiger partial charge on any atom is -0.354 e. The Hall–Kier alpha value is -3.65. The molecule has 1 atom stereocenters. The number of hydrogen-bond acceptors (Lipinski definition) is 4. The van der Waals surface area contributed by atoms with Crippen molar-refractivity contribution in [1.29, 1.82) is 0 Å². The lowest BCUT2D eigenvalue weighted by Gasteiger charge is -2.32. The zero-order valence-corrected chi connectivity index (χ0v) is 23.4. The van der Waals surface area contributed by atoms with E-state index in [0.717, 1.165) is 33.8 Å². The molecule has 1 unspecified atom stereocenters. The number of unbranched alkanes of at least 4 members (excludes halogenated alkanes) is 1. The molecule has 0 aliphatic rings. The van der Waals surface area contributed by atoms with Gasteiger partial charge < -0.3 is 10.2 Å². The molecule has 3 aromatic carbocycles. The minimum atomic E-state index is -4.05. The molecule has 0 fully saturated rings. The highest BCUT2D eigenvalue weighted by Gasteiger charge is 2.32. The van der Waals surface area contributed by atoms with Crippen molar-refractivity contribution in [2.75, 3.05) is 17.4 Å². The monoisotopic (exact) mass is 535 g/mol. The average Bonchev–Trinajstić information content (AvgIpc) is 2.92. The number of anilines is 1. The Balaban J connectivity index is 1.97. The van der Waals surface area contributed by atoms with Crippen LogP contribution in [0.5, 0.6) is 0 Å². The van der Waals surface area contributed by atoms with E-state index >= 15 is 0 Å². The van der Waals surface area contributed by atoms with Crippen molar-refractivity contribution in [2.45, 2.75) is 58.0 Å². The van der Waals surface area contributed by atoms with Gasteiger partial charge in [0.1, 0.15) is 12.6 Å². The van der Waals surface area contributed by atoms with Crippen molar-refractivity contribution in [3.8, 4) is 0 Å². The zero-order valence-electron chi connectivity index (χ0n) is 22.6. The van der Waals surface area contributed by atoms with E-state index in [1.165, 1.54) is 17.0 Å². The normalized spacial score (nSPS) is 12.0. The van der Waals surface area contributed by atoms with E-state index in [0.29, 0.717) is 12.2 Å². The Morgan fingerprint density at radius 3 is 2.03 bits per heavy atom. The molecule has 0 aromatic heterocycles. The largest absolute Gasteiger partial charge is 0.354 e. The van der Waals surface area contributed by atoms with Gasteiger partial charge in [0.05, 0.1) is 10.6 Å². The fraction of sp³-hybridized carbons (Fsp3) is 0.333. The van der Waals surface area contributed by atoms with Crippen LogP contribution in [-0.2, 0) is 26.2 Å². The van der Waals surface area contributed by atoms with E-state index in [2.05, 4.69) is 5.32 Å². The Labute approximate surface area is 226 Å². The highest BCUT2D eigenvalue weighted by molar-refractivity contribution is 7.92. The second kappa shape index (κ2) is 13.2. The summed E-state index contributed by atoms with van der Waals surface area (Å²) in [5.41, 5.74) is 3.28. The van der Waals surface area contributed by atoms with E-state index < -0.39 is 28.5 Å². The summed E-state index contributed by atoms with van der Waals surface area (Å²) in [4.78, 5) is 28.4. The molecule has 0 heterocycles. The van der Waals surface area contributed by atoms with E-state index in [1.807, 2.05) is 45.0 Å². The maximum Gasteiger partial charge on any atom is 0.264 e. The lowest BCUT2D eigenvalue weighted by Crippen LogP contribution is -2.51. The van der Waals surface area contributed by atoms with Crippen molar-refractivity contribution in [3.63, 3.8) is 0 Å². The molecule has 3 aromatic rings. The van der Waals surface area contributed by atoms with Crippen LogP contribution in [0.3, 0.4) is 0 Å². The second-order valence-corrected chi connectivity index (χ2v) is 11.4. The SMILES string of the molecule is CCCCNC(=O)C(C)N(Cc1ccc(C)cc1)C(=O)CN(c1ccc(C)cc1)S(=O)(=O)c1ccccc1. The molecule has 0 aliphatic carbocycles. The number of aryl methyl sites for hydroxylation is 2. The summed E-state index contributed by atoms with van der Waals surface area (Å²) >= 11 is 0. The Bertz CT molecular complexity index is 1310. The van der Waals surface area contributed by atoms with Gasteiger partial charge in [-0.1, -0.05) is 79.1 Å². The summed E-state index contributed by atoms with van der Waals surface area (Å²) in [6.07, 6.45) is 1.77. The first kappa shape index (κ1) is 28.9. The third-order valence-corrected chi connectivity index (χ3v) is 8.19. The molecule has 0 aliphatic heterocycles. The third kappa shape index (κ3) is 7.44. The number of nitrogens with one attached hydrogen (secondary N) is 1. The second-order valence-electron chi connectivity index (χ2n) is 9.49. The van der Waals surface area contributed by atoms with Crippen LogP contribution in [-0.4, -0.2) is 44.3 Å². The summed E-state index contributed by atoms with van der Waals surface area (Å²) in [6.45, 7) is 7.85.